The molecule has 1 aromatic rings. The van der Waals surface area contributed by atoms with Crippen molar-refractivity contribution in [2.24, 2.45) is 0 Å². The van der Waals surface area contributed by atoms with Crippen molar-refractivity contribution in [3.63, 3.8) is 0 Å². The summed E-state index contributed by atoms with van der Waals surface area (Å²) in [6.07, 6.45) is 1.18. The van der Waals surface area contributed by atoms with Crippen LogP contribution in [0.3, 0.4) is 0 Å². The predicted molar refractivity (Wildman–Crippen MR) is 71.4 cm³/mol. The minimum absolute atomic E-state index is 0.163. The van der Waals surface area contributed by atoms with Crippen molar-refractivity contribution in [2.75, 3.05) is 14.2 Å². The Bertz CT molecular complexity index is 568. The molecule has 0 aromatic heterocycles. The molecule has 0 unspecified atom stereocenters. The number of carboxylic acids is 1. The molecule has 108 valence electrons. The van der Waals surface area contributed by atoms with Gasteiger partial charge in [-0.1, -0.05) is 11.6 Å². The number of rotatable bonds is 5. The van der Waals surface area contributed by atoms with Gasteiger partial charge >= 0.3 is 0 Å². The number of carbonyl (C=O) groups is 2. The van der Waals surface area contributed by atoms with Gasteiger partial charge in [0.05, 0.1) is 30.9 Å². The van der Waals surface area contributed by atoms with E-state index in [2.05, 4.69) is 5.32 Å². The fraction of sp³-hybridized carbons (Fsp3) is 0.231. The topological polar surface area (TPSA) is 87.7 Å². The highest BCUT2D eigenvalue weighted by atomic mass is 35.5. The molecule has 1 rings (SSSR count). The van der Waals surface area contributed by atoms with Crippen molar-refractivity contribution in [1.29, 1.82) is 0 Å². The van der Waals surface area contributed by atoms with Crippen LogP contribution in [-0.2, 0) is 9.59 Å². The van der Waals surface area contributed by atoms with E-state index in [0.29, 0.717) is 11.3 Å². The van der Waals surface area contributed by atoms with E-state index >= 15 is 0 Å². The van der Waals surface area contributed by atoms with Crippen molar-refractivity contribution in [2.45, 2.75) is 6.92 Å². The second kappa shape index (κ2) is 6.81. The molecule has 0 fully saturated rings. The molecule has 0 aliphatic heterocycles. The number of amides is 1. The quantitative estimate of drug-likeness (QED) is 0.804. The molecular formula is C13H13ClNO5-. The van der Waals surface area contributed by atoms with Gasteiger partial charge in [0.1, 0.15) is 0 Å². The lowest BCUT2D eigenvalue weighted by Gasteiger charge is -2.13. The van der Waals surface area contributed by atoms with E-state index in [9.17, 15) is 14.7 Å². The number of carboxylic acid groups (broad SMARTS) is 1. The second-order valence-corrected chi connectivity index (χ2v) is 4.11. The number of hydrogen-bond donors (Lipinski definition) is 1. The summed E-state index contributed by atoms with van der Waals surface area (Å²) in [6.45, 7) is 1.19. The highest BCUT2D eigenvalue weighted by Crippen LogP contribution is 2.37. The third-order valence-electron chi connectivity index (χ3n) is 2.35. The van der Waals surface area contributed by atoms with Gasteiger partial charge in [0, 0.05) is 6.92 Å². The van der Waals surface area contributed by atoms with Crippen LogP contribution >= 0.6 is 11.6 Å². The van der Waals surface area contributed by atoms with Crippen molar-refractivity contribution in [3.8, 4) is 11.5 Å². The Labute approximate surface area is 120 Å². The molecule has 0 saturated carbocycles. The zero-order valence-corrected chi connectivity index (χ0v) is 11.9. The normalized spacial score (nSPS) is 10.9. The number of halogens is 1. The van der Waals surface area contributed by atoms with Gasteiger partial charge in [0.2, 0.25) is 5.91 Å². The molecule has 0 heterocycles. The van der Waals surface area contributed by atoms with Crippen LogP contribution in [0.15, 0.2) is 17.8 Å². The van der Waals surface area contributed by atoms with Gasteiger partial charge < -0.3 is 24.7 Å². The number of nitrogens with one attached hydrogen (secondary N) is 1. The standard InChI is InChI=1S/C13H14ClNO5/c1-7(16)15-9(13(17)18)6-8-4-5-10(19-2)12(20-3)11(8)14/h4-6H,1-3H3,(H,15,16)(H,17,18)/p-1/b9-6-. The van der Waals surface area contributed by atoms with Crippen molar-refractivity contribution in [1.82, 2.24) is 5.32 Å². The lowest BCUT2D eigenvalue weighted by atomic mass is 10.1. The molecule has 0 saturated heterocycles. The maximum atomic E-state index is 10.9. The summed E-state index contributed by atoms with van der Waals surface area (Å²) in [5.74, 6) is -1.38. The Kier molecular flexibility index (Phi) is 5.40. The van der Waals surface area contributed by atoms with Crippen LogP contribution in [0.5, 0.6) is 11.5 Å². The molecule has 0 atom stereocenters. The molecule has 1 N–H and O–H groups in total. The number of hydrogen-bond acceptors (Lipinski definition) is 5. The molecular weight excluding hydrogens is 286 g/mol. The zero-order chi connectivity index (χ0) is 15.3. The van der Waals surface area contributed by atoms with Crippen LogP contribution in [-0.4, -0.2) is 26.1 Å². The largest absolute Gasteiger partial charge is 0.543 e. The number of ether oxygens (including phenoxy) is 2. The van der Waals surface area contributed by atoms with E-state index in [0.717, 1.165) is 0 Å². The predicted octanol–water partition coefficient (Wildman–Crippen LogP) is 0.584. The lowest BCUT2D eigenvalue weighted by molar-refractivity contribution is -0.299. The van der Waals surface area contributed by atoms with Crippen LogP contribution in [0.4, 0.5) is 0 Å². The molecule has 0 bridgehead atoms. The third-order valence-corrected chi connectivity index (χ3v) is 2.74. The number of methoxy groups -OCH3 is 2. The van der Waals surface area contributed by atoms with Crippen molar-refractivity contribution in [3.05, 3.63) is 28.4 Å². The lowest BCUT2D eigenvalue weighted by Crippen LogP contribution is -2.34. The minimum Gasteiger partial charge on any atom is -0.543 e. The first-order valence-corrected chi connectivity index (χ1v) is 5.89. The first-order chi connectivity index (χ1) is 9.40. The van der Waals surface area contributed by atoms with Gasteiger partial charge in [-0.3, -0.25) is 4.79 Å². The summed E-state index contributed by atoms with van der Waals surface area (Å²) >= 11 is 6.10. The molecule has 6 nitrogen and oxygen atoms in total. The van der Waals surface area contributed by atoms with Crippen molar-refractivity contribution < 1.29 is 24.2 Å². The highest BCUT2D eigenvalue weighted by molar-refractivity contribution is 6.34. The van der Waals surface area contributed by atoms with E-state index in [1.165, 1.54) is 33.3 Å². The van der Waals surface area contributed by atoms with Gasteiger partial charge in [-0.05, 0) is 23.8 Å². The van der Waals surface area contributed by atoms with Gasteiger partial charge in [-0.15, -0.1) is 0 Å². The van der Waals surface area contributed by atoms with E-state index < -0.39 is 17.6 Å². The first-order valence-electron chi connectivity index (χ1n) is 5.51. The summed E-state index contributed by atoms with van der Waals surface area (Å²) in [4.78, 5) is 21.9. The maximum absolute atomic E-state index is 10.9. The van der Waals surface area contributed by atoms with Crippen LogP contribution < -0.4 is 19.9 Å². The van der Waals surface area contributed by atoms with E-state index in [4.69, 9.17) is 21.1 Å². The Balaban J connectivity index is 3.31. The van der Waals surface area contributed by atoms with E-state index in [1.54, 1.807) is 6.07 Å². The zero-order valence-electron chi connectivity index (χ0n) is 11.2. The number of aliphatic carboxylic acids is 1. The Morgan fingerprint density at radius 2 is 1.95 bits per heavy atom. The molecule has 0 aliphatic rings. The summed E-state index contributed by atoms with van der Waals surface area (Å²) in [6, 6.07) is 3.10. The molecule has 1 aromatic carbocycles. The van der Waals surface area contributed by atoms with Gasteiger partial charge in [0.15, 0.2) is 11.5 Å². The first kappa shape index (κ1) is 15.8. The van der Waals surface area contributed by atoms with Crippen LogP contribution in [0.25, 0.3) is 6.08 Å². The van der Waals surface area contributed by atoms with Crippen LogP contribution in [0, 0.1) is 0 Å². The maximum Gasteiger partial charge on any atom is 0.221 e. The minimum atomic E-state index is -1.52. The Morgan fingerprint density at radius 1 is 1.30 bits per heavy atom. The summed E-state index contributed by atoms with van der Waals surface area (Å²) in [5, 5.41) is 13.2. The fourth-order valence-corrected chi connectivity index (χ4v) is 1.80. The molecule has 0 radical (unpaired) electrons. The monoisotopic (exact) mass is 298 g/mol. The molecule has 7 heteroatoms. The van der Waals surface area contributed by atoms with Crippen molar-refractivity contribution >= 4 is 29.6 Å². The molecule has 1 amide bonds. The summed E-state index contributed by atoms with van der Waals surface area (Å²) < 4.78 is 10.2. The average Bonchev–Trinajstić information content (AvgIpc) is 2.39. The average molecular weight is 299 g/mol. The van der Waals surface area contributed by atoms with Gasteiger partial charge in [-0.25, -0.2) is 0 Å². The van der Waals surface area contributed by atoms with Crippen LogP contribution in [0.1, 0.15) is 12.5 Å². The Hall–Kier alpha value is -2.21. The third kappa shape index (κ3) is 3.64. The summed E-state index contributed by atoms with van der Waals surface area (Å²) in [5.41, 5.74) is -0.0520. The number of carbonyl (C=O) groups excluding carboxylic acids is 2. The fourth-order valence-electron chi connectivity index (χ4n) is 1.51. The molecule has 0 aliphatic carbocycles. The molecule has 0 spiro atoms. The summed E-state index contributed by atoms with van der Waals surface area (Å²) in [7, 11) is 2.86. The SMILES string of the molecule is COc1ccc(/C=C(\NC(C)=O)C(=O)[O-])c(Cl)c1OC. The van der Waals surface area contributed by atoms with E-state index in [-0.39, 0.29) is 10.8 Å². The van der Waals surface area contributed by atoms with Crippen LogP contribution in [0.2, 0.25) is 5.02 Å². The number of benzene rings is 1. The van der Waals surface area contributed by atoms with Gasteiger partial charge in [0.25, 0.3) is 0 Å². The van der Waals surface area contributed by atoms with E-state index in [1.807, 2.05) is 0 Å². The highest BCUT2D eigenvalue weighted by Gasteiger charge is 2.13. The van der Waals surface area contributed by atoms with Gasteiger partial charge in [-0.2, -0.15) is 0 Å². The molecule has 20 heavy (non-hydrogen) atoms. The Morgan fingerprint density at radius 3 is 2.40 bits per heavy atom. The smallest absolute Gasteiger partial charge is 0.221 e. The second-order valence-electron chi connectivity index (χ2n) is 3.73.